The summed E-state index contributed by atoms with van der Waals surface area (Å²) < 4.78 is 37.8. The van der Waals surface area contributed by atoms with Crippen molar-refractivity contribution in [2.45, 2.75) is 19.6 Å². The zero-order valence-corrected chi connectivity index (χ0v) is 15.0. The molecule has 0 bridgehead atoms. The minimum Gasteiger partial charge on any atom is -0.366 e. The van der Waals surface area contributed by atoms with Gasteiger partial charge in [-0.05, 0) is 48.9 Å². The van der Waals surface area contributed by atoms with E-state index in [0.717, 1.165) is 17.7 Å². The molecule has 0 aliphatic rings. The predicted molar refractivity (Wildman–Crippen MR) is 102 cm³/mol. The van der Waals surface area contributed by atoms with Gasteiger partial charge in [0.05, 0.1) is 5.56 Å². The number of carbonyl (C=O) groups is 1. The summed E-state index contributed by atoms with van der Waals surface area (Å²) in [5.41, 5.74) is 2.11. The molecule has 1 aromatic heterocycles. The molecule has 1 amide bonds. The maximum atomic E-state index is 12.6. The fourth-order valence-corrected chi connectivity index (χ4v) is 2.51. The number of carbonyl (C=O) groups excluding carboxylic acids is 1. The average molecular weight is 385 g/mol. The number of pyridine rings is 1. The van der Waals surface area contributed by atoms with E-state index in [2.05, 4.69) is 15.6 Å². The maximum Gasteiger partial charge on any atom is 0.416 e. The van der Waals surface area contributed by atoms with Crippen LogP contribution < -0.4 is 10.6 Å². The second-order valence-corrected chi connectivity index (χ2v) is 6.30. The lowest BCUT2D eigenvalue weighted by Gasteiger charge is -2.10. The van der Waals surface area contributed by atoms with Crippen molar-refractivity contribution in [3.05, 3.63) is 89.1 Å². The molecule has 0 radical (unpaired) electrons. The Kier molecular flexibility index (Phi) is 5.63. The fourth-order valence-electron chi connectivity index (χ4n) is 2.51. The Labute approximate surface area is 160 Å². The van der Waals surface area contributed by atoms with Crippen LogP contribution in [0.5, 0.6) is 0 Å². The summed E-state index contributed by atoms with van der Waals surface area (Å²) in [6.45, 7) is 2.56. The molecule has 0 saturated carbocycles. The van der Waals surface area contributed by atoms with Crippen LogP contribution in [-0.2, 0) is 12.7 Å². The van der Waals surface area contributed by atoms with Crippen molar-refractivity contribution in [3.8, 4) is 0 Å². The molecule has 0 fully saturated rings. The Bertz CT molecular complexity index is 952. The third kappa shape index (κ3) is 5.09. The van der Waals surface area contributed by atoms with Crippen molar-refractivity contribution >= 4 is 17.4 Å². The fraction of sp³-hybridized carbons (Fsp3) is 0.143. The number of hydrogen-bond acceptors (Lipinski definition) is 3. The highest BCUT2D eigenvalue weighted by Crippen LogP contribution is 2.29. The van der Waals surface area contributed by atoms with Gasteiger partial charge in [-0.1, -0.05) is 29.8 Å². The normalized spacial score (nSPS) is 11.1. The van der Waals surface area contributed by atoms with Gasteiger partial charge >= 0.3 is 6.18 Å². The lowest BCUT2D eigenvalue weighted by molar-refractivity contribution is -0.137. The van der Waals surface area contributed by atoms with Gasteiger partial charge in [0.2, 0.25) is 0 Å². The molecule has 2 aromatic carbocycles. The van der Waals surface area contributed by atoms with Crippen LogP contribution in [0.2, 0.25) is 0 Å². The van der Waals surface area contributed by atoms with Gasteiger partial charge in [-0.15, -0.1) is 0 Å². The predicted octanol–water partition coefficient (Wildman–Crippen LogP) is 5.27. The number of nitrogens with one attached hydrogen (secondary N) is 2. The van der Waals surface area contributed by atoms with E-state index in [1.165, 1.54) is 30.0 Å². The first-order chi connectivity index (χ1) is 13.3. The summed E-state index contributed by atoms with van der Waals surface area (Å²) in [5.74, 6) is 0.0983. The second-order valence-electron chi connectivity index (χ2n) is 6.30. The van der Waals surface area contributed by atoms with Gasteiger partial charge in [0.25, 0.3) is 5.91 Å². The van der Waals surface area contributed by atoms with Crippen molar-refractivity contribution in [2.75, 3.05) is 10.6 Å². The van der Waals surface area contributed by atoms with Crippen LogP contribution in [0.15, 0.2) is 66.9 Å². The number of benzene rings is 2. The highest BCUT2D eigenvalue weighted by molar-refractivity contribution is 6.04. The third-order valence-corrected chi connectivity index (χ3v) is 4.09. The van der Waals surface area contributed by atoms with Crippen molar-refractivity contribution in [1.29, 1.82) is 0 Å². The summed E-state index contributed by atoms with van der Waals surface area (Å²) in [6, 6.07) is 15.5. The first-order valence-corrected chi connectivity index (χ1v) is 8.55. The van der Waals surface area contributed by atoms with E-state index in [9.17, 15) is 18.0 Å². The van der Waals surface area contributed by atoms with Crippen molar-refractivity contribution in [2.24, 2.45) is 0 Å². The van der Waals surface area contributed by atoms with Crippen molar-refractivity contribution < 1.29 is 18.0 Å². The van der Waals surface area contributed by atoms with Crippen LogP contribution in [0, 0.1) is 6.92 Å². The Morgan fingerprint density at radius 3 is 2.32 bits per heavy atom. The van der Waals surface area contributed by atoms with E-state index in [1.807, 2.05) is 31.2 Å². The van der Waals surface area contributed by atoms with Gasteiger partial charge in [-0.25, -0.2) is 4.98 Å². The van der Waals surface area contributed by atoms with Crippen LogP contribution in [0.4, 0.5) is 24.7 Å². The Balaban J connectivity index is 1.64. The van der Waals surface area contributed by atoms with E-state index < -0.39 is 17.6 Å². The Morgan fingerprint density at radius 2 is 1.68 bits per heavy atom. The molecule has 0 atom stereocenters. The van der Waals surface area contributed by atoms with Crippen LogP contribution >= 0.6 is 0 Å². The topological polar surface area (TPSA) is 54.0 Å². The Morgan fingerprint density at radius 1 is 1.00 bits per heavy atom. The number of hydrogen-bond donors (Lipinski definition) is 2. The monoisotopic (exact) mass is 385 g/mol. The zero-order chi connectivity index (χ0) is 20.1. The second kappa shape index (κ2) is 8.12. The minimum atomic E-state index is -4.41. The van der Waals surface area contributed by atoms with Crippen molar-refractivity contribution in [1.82, 2.24) is 4.98 Å². The number of alkyl halides is 3. The van der Waals surface area contributed by atoms with Gasteiger partial charge in [-0.3, -0.25) is 4.79 Å². The molecule has 0 saturated heterocycles. The van der Waals surface area contributed by atoms with E-state index >= 15 is 0 Å². The van der Waals surface area contributed by atoms with Gasteiger partial charge in [-0.2, -0.15) is 13.2 Å². The number of anilines is 2. The third-order valence-electron chi connectivity index (χ3n) is 4.09. The van der Waals surface area contributed by atoms with Crippen LogP contribution in [-0.4, -0.2) is 10.9 Å². The smallest absolute Gasteiger partial charge is 0.366 e. The molecule has 7 heteroatoms. The number of nitrogens with zero attached hydrogens (tertiary/aromatic N) is 1. The molecule has 144 valence electrons. The molecule has 0 aliphatic heterocycles. The number of halogens is 3. The molecule has 0 spiro atoms. The molecule has 1 heterocycles. The molecular formula is C21H18F3N3O. The number of aryl methyl sites for hydroxylation is 1. The van der Waals surface area contributed by atoms with Gasteiger partial charge in [0.1, 0.15) is 5.82 Å². The molecule has 28 heavy (non-hydrogen) atoms. The molecule has 0 unspecified atom stereocenters. The van der Waals surface area contributed by atoms with Gasteiger partial charge in [0.15, 0.2) is 0 Å². The SMILES string of the molecule is Cc1ccc(CNc2cc(C(=O)Nc3ccc(C(F)(F)F)cc3)ccn2)cc1. The zero-order valence-electron chi connectivity index (χ0n) is 15.0. The van der Waals surface area contributed by atoms with Gasteiger partial charge < -0.3 is 10.6 Å². The van der Waals surface area contributed by atoms with E-state index in [-0.39, 0.29) is 5.69 Å². The number of rotatable bonds is 5. The standard InChI is InChI=1S/C21H18F3N3O/c1-14-2-4-15(5-3-14)13-26-19-12-16(10-11-25-19)20(28)27-18-8-6-17(7-9-18)21(22,23)24/h2-12H,13H2,1H3,(H,25,26)(H,27,28). The summed E-state index contributed by atoms with van der Waals surface area (Å²) in [4.78, 5) is 16.6. The highest BCUT2D eigenvalue weighted by atomic mass is 19.4. The molecule has 2 N–H and O–H groups in total. The summed E-state index contributed by atoms with van der Waals surface area (Å²) in [6.07, 6.45) is -2.91. The summed E-state index contributed by atoms with van der Waals surface area (Å²) in [7, 11) is 0. The largest absolute Gasteiger partial charge is 0.416 e. The van der Waals surface area contributed by atoms with Crippen LogP contribution in [0.3, 0.4) is 0 Å². The molecule has 3 aromatic rings. The van der Waals surface area contributed by atoms with Crippen LogP contribution in [0.1, 0.15) is 27.0 Å². The first-order valence-electron chi connectivity index (χ1n) is 8.55. The van der Waals surface area contributed by atoms with E-state index in [1.54, 1.807) is 6.07 Å². The average Bonchev–Trinajstić information content (AvgIpc) is 2.67. The maximum absolute atomic E-state index is 12.6. The molecule has 0 aliphatic carbocycles. The summed E-state index contributed by atoms with van der Waals surface area (Å²) >= 11 is 0. The summed E-state index contributed by atoms with van der Waals surface area (Å²) in [5, 5.41) is 5.73. The lowest BCUT2D eigenvalue weighted by Crippen LogP contribution is -2.13. The first kappa shape index (κ1) is 19.4. The van der Waals surface area contributed by atoms with Crippen LogP contribution in [0.25, 0.3) is 0 Å². The molecule has 3 rings (SSSR count). The molecular weight excluding hydrogens is 367 g/mol. The van der Waals surface area contributed by atoms with Gasteiger partial charge in [0, 0.05) is 24.0 Å². The number of aromatic nitrogens is 1. The highest BCUT2D eigenvalue weighted by Gasteiger charge is 2.30. The quantitative estimate of drug-likeness (QED) is 0.629. The van der Waals surface area contributed by atoms with E-state index in [4.69, 9.17) is 0 Å². The van der Waals surface area contributed by atoms with Crippen molar-refractivity contribution in [3.63, 3.8) is 0 Å². The Hall–Kier alpha value is -3.35. The van der Waals surface area contributed by atoms with E-state index in [0.29, 0.717) is 17.9 Å². The number of amides is 1. The minimum absolute atomic E-state index is 0.281. The lowest BCUT2D eigenvalue weighted by atomic mass is 10.1. The molecule has 4 nitrogen and oxygen atoms in total.